The fourth-order valence-corrected chi connectivity index (χ4v) is 6.44. The second kappa shape index (κ2) is 10.4. The molecule has 0 saturated carbocycles. The van der Waals surface area contributed by atoms with Gasteiger partial charge in [0.05, 0.1) is 4.90 Å². The first-order chi connectivity index (χ1) is 17.8. The van der Waals surface area contributed by atoms with Crippen molar-refractivity contribution in [3.05, 3.63) is 136 Å². The van der Waals surface area contributed by atoms with Gasteiger partial charge in [-0.15, -0.1) is 0 Å². The van der Waals surface area contributed by atoms with Crippen LogP contribution in [-0.4, -0.2) is 30.4 Å². The molecule has 186 valence electrons. The van der Waals surface area contributed by atoms with Crippen LogP contribution in [0, 0.1) is 6.92 Å². The summed E-state index contributed by atoms with van der Waals surface area (Å²) >= 11 is 3.46. The lowest BCUT2D eigenvalue weighted by molar-refractivity contribution is 0.0944. The normalized spacial score (nSPS) is 17.5. The lowest BCUT2D eigenvalue weighted by atomic mass is 9.94. The summed E-state index contributed by atoms with van der Waals surface area (Å²) in [5, 5.41) is 0. The van der Waals surface area contributed by atoms with Crippen LogP contribution in [0.15, 0.2) is 124 Å². The average molecular weight is 574 g/mol. The first-order valence-corrected chi connectivity index (χ1v) is 14.1. The van der Waals surface area contributed by atoms with Crippen molar-refractivity contribution < 1.29 is 13.2 Å². The first kappa shape index (κ1) is 25.1. The van der Waals surface area contributed by atoms with E-state index in [0.29, 0.717) is 17.0 Å². The molecular weight excluding hydrogens is 548 g/mol. The van der Waals surface area contributed by atoms with Gasteiger partial charge < -0.3 is 0 Å². The van der Waals surface area contributed by atoms with Gasteiger partial charge in [-0.25, -0.2) is 12.7 Å². The van der Waals surface area contributed by atoms with Crippen molar-refractivity contribution in [2.24, 2.45) is 4.99 Å². The zero-order valence-electron chi connectivity index (χ0n) is 20.2. The predicted molar refractivity (Wildman–Crippen MR) is 149 cm³/mol. The fourth-order valence-electron chi connectivity index (χ4n) is 4.54. The van der Waals surface area contributed by atoms with Crippen molar-refractivity contribution in [1.29, 1.82) is 0 Å². The summed E-state index contributed by atoms with van der Waals surface area (Å²) < 4.78 is 30.7. The van der Waals surface area contributed by atoms with Gasteiger partial charge in [0.2, 0.25) is 0 Å². The van der Waals surface area contributed by atoms with E-state index >= 15 is 0 Å². The van der Waals surface area contributed by atoms with Crippen LogP contribution >= 0.6 is 15.9 Å². The molecule has 0 aromatic heterocycles. The fraction of sp³-hybridized carbons (Fsp3) is 0.133. The molecule has 5 nitrogen and oxygen atoms in total. The van der Waals surface area contributed by atoms with E-state index in [1.807, 2.05) is 67.6 Å². The Labute approximate surface area is 225 Å². The van der Waals surface area contributed by atoms with E-state index in [0.717, 1.165) is 15.6 Å². The van der Waals surface area contributed by atoms with Crippen LogP contribution in [0.1, 0.15) is 33.1 Å². The molecule has 0 N–H and O–H groups in total. The minimum absolute atomic E-state index is 0.161. The third-order valence-corrected chi connectivity index (χ3v) is 8.77. The number of sulfonamides is 1. The van der Waals surface area contributed by atoms with Gasteiger partial charge in [0, 0.05) is 16.5 Å². The Bertz CT molecular complexity index is 1540. The molecule has 1 heterocycles. The van der Waals surface area contributed by atoms with E-state index < -0.39 is 22.1 Å². The third kappa shape index (κ3) is 5.15. The number of Topliss-reactive ketones (excluding diaryl/α,β-unsaturated/α-hetero) is 1. The van der Waals surface area contributed by atoms with Crippen LogP contribution in [0.4, 0.5) is 0 Å². The van der Waals surface area contributed by atoms with E-state index in [2.05, 4.69) is 15.9 Å². The Morgan fingerprint density at radius 1 is 0.838 bits per heavy atom. The lowest BCUT2D eigenvalue weighted by Crippen LogP contribution is -2.40. The molecule has 1 aliphatic heterocycles. The van der Waals surface area contributed by atoms with Gasteiger partial charge in [-0.05, 0) is 42.3 Å². The molecule has 0 amide bonds. The molecule has 0 spiro atoms. The minimum atomic E-state index is -4.04. The summed E-state index contributed by atoms with van der Waals surface area (Å²) in [7, 11) is -4.04. The number of rotatable bonds is 7. The topological polar surface area (TPSA) is 66.8 Å². The third-order valence-electron chi connectivity index (χ3n) is 6.42. The van der Waals surface area contributed by atoms with E-state index in [4.69, 9.17) is 4.99 Å². The molecule has 5 rings (SSSR count). The SMILES string of the molecule is Cc1ccc(S(=O)(=O)N2C(Cc3ccccc3)=N[C@H](C(=O)c3ccccc3)[C@H]2c2ccc(Br)cc2)cc1. The molecular formula is C30H25BrN2O3S. The molecule has 1 aliphatic rings. The molecule has 4 aromatic carbocycles. The van der Waals surface area contributed by atoms with Crippen LogP contribution in [0.25, 0.3) is 0 Å². The monoisotopic (exact) mass is 572 g/mol. The zero-order chi connectivity index (χ0) is 26.0. The maximum absolute atomic E-state index is 14.2. The van der Waals surface area contributed by atoms with Gasteiger partial charge in [0.1, 0.15) is 17.9 Å². The van der Waals surface area contributed by atoms with E-state index in [9.17, 15) is 13.2 Å². The first-order valence-electron chi connectivity index (χ1n) is 11.9. The molecule has 37 heavy (non-hydrogen) atoms. The Kier molecular flexibility index (Phi) is 7.09. The van der Waals surface area contributed by atoms with Gasteiger partial charge in [-0.1, -0.05) is 106 Å². The highest BCUT2D eigenvalue weighted by atomic mass is 79.9. The number of hydrogen-bond donors (Lipinski definition) is 0. The Hall–Kier alpha value is -3.55. The summed E-state index contributed by atoms with van der Waals surface area (Å²) in [6, 6.07) is 30.9. The molecule has 2 atom stereocenters. The van der Waals surface area contributed by atoms with Gasteiger partial charge in [-0.3, -0.25) is 9.79 Å². The van der Waals surface area contributed by atoms with Crippen LogP contribution in [0.3, 0.4) is 0 Å². The molecule has 7 heteroatoms. The summed E-state index contributed by atoms with van der Waals surface area (Å²) in [6.07, 6.45) is 0.275. The largest absolute Gasteiger partial charge is 0.292 e. The van der Waals surface area contributed by atoms with Crippen molar-refractivity contribution in [1.82, 2.24) is 4.31 Å². The highest BCUT2D eigenvalue weighted by Crippen LogP contribution is 2.39. The van der Waals surface area contributed by atoms with Gasteiger partial charge in [0.15, 0.2) is 5.78 Å². The zero-order valence-corrected chi connectivity index (χ0v) is 22.6. The number of amidine groups is 1. The van der Waals surface area contributed by atoms with Gasteiger partial charge >= 0.3 is 0 Å². The Balaban J connectivity index is 1.69. The van der Waals surface area contributed by atoms with Crippen molar-refractivity contribution in [3.63, 3.8) is 0 Å². The Morgan fingerprint density at radius 2 is 1.43 bits per heavy atom. The standard InChI is InChI=1S/C30H25BrN2O3S/c1-21-12-18-26(19-13-21)37(35,36)33-27(20-22-8-4-2-5-9-22)32-28(30(34)24-10-6-3-7-11-24)29(33)23-14-16-25(31)17-15-23/h2-19,28-29H,20H2,1H3/t28-,29+/m0/s1. The summed E-state index contributed by atoms with van der Waals surface area (Å²) in [4.78, 5) is 18.8. The maximum Gasteiger partial charge on any atom is 0.265 e. The van der Waals surface area contributed by atoms with Crippen molar-refractivity contribution >= 4 is 37.6 Å². The lowest BCUT2D eigenvalue weighted by Gasteiger charge is -2.30. The average Bonchev–Trinajstić information content (AvgIpc) is 3.30. The molecule has 4 aromatic rings. The molecule has 0 saturated heterocycles. The summed E-state index contributed by atoms with van der Waals surface area (Å²) in [5.41, 5.74) is 3.06. The number of halogens is 1. The van der Waals surface area contributed by atoms with Crippen molar-refractivity contribution in [2.75, 3.05) is 0 Å². The second-order valence-corrected chi connectivity index (χ2v) is 11.7. The van der Waals surface area contributed by atoms with Gasteiger partial charge in [0.25, 0.3) is 10.0 Å². The van der Waals surface area contributed by atoms with E-state index in [1.54, 1.807) is 48.5 Å². The van der Waals surface area contributed by atoms with Crippen molar-refractivity contribution in [2.45, 2.75) is 30.3 Å². The molecule has 0 bridgehead atoms. The number of aliphatic imine (C=N–C) groups is 1. The van der Waals surface area contributed by atoms with E-state index in [-0.39, 0.29) is 17.1 Å². The number of aryl methyl sites for hydroxylation is 1. The Morgan fingerprint density at radius 3 is 2.05 bits per heavy atom. The molecule has 0 unspecified atom stereocenters. The molecule has 0 aliphatic carbocycles. The number of hydrogen-bond acceptors (Lipinski definition) is 4. The number of carbonyl (C=O) groups excluding carboxylic acids is 1. The number of carbonyl (C=O) groups is 1. The predicted octanol–water partition coefficient (Wildman–Crippen LogP) is 6.40. The van der Waals surface area contributed by atoms with Gasteiger partial charge in [-0.2, -0.15) is 0 Å². The van der Waals surface area contributed by atoms with Crippen LogP contribution in [0.2, 0.25) is 0 Å². The second-order valence-electron chi connectivity index (χ2n) is 8.99. The molecule has 0 radical (unpaired) electrons. The maximum atomic E-state index is 14.2. The highest BCUT2D eigenvalue weighted by Gasteiger charge is 2.47. The minimum Gasteiger partial charge on any atom is -0.292 e. The van der Waals surface area contributed by atoms with Crippen molar-refractivity contribution in [3.8, 4) is 0 Å². The summed E-state index contributed by atoms with van der Waals surface area (Å²) in [6.45, 7) is 1.91. The molecule has 0 fully saturated rings. The number of benzene rings is 4. The van der Waals surface area contributed by atoms with Crippen LogP contribution in [-0.2, 0) is 16.4 Å². The quantitative estimate of drug-likeness (QED) is 0.241. The number of nitrogens with zero attached hydrogens (tertiary/aromatic N) is 2. The highest BCUT2D eigenvalue weighted by molar-refractivity contribution is 9.10. The van der Waals surface area contributed by atoms with Crippen LogP contribution in [0.5, 0.6) is 0 Å². The summed E-state index contributed by atoms with van der Waals surface area (Å²) in [5.74, 6) is 0.120. The smallest absolute Gasteiger partial charge is 0.265 e. The number of ketones is 1. The van der Waals surface area contributed by atoms with E-state index in [1.165, 1.54) is 4.31 Å². The van der Waals surface area contributed by atoms with Crippen LogP contribution < -0.4 is 0 Å².